The molecule has 1 amide bonds. The summed E-state index contributed by atoms with van der Waals surface area (Å²) in [7, 11) is 0. The largest absolute Gasteiger partial charge is 0.394 e. The monoisotopic (exact) mass is 343 g/mol. The Morgan fingerprint density at radius 1 is 1.38 bits per heavy atom. The van der Waals surface area contributed by atoms with Gasteiger partial charge in [0.05, 0.1) is 13.2 Å². The molecule has 4 atom stereocenters. The molecule has 2 heterocycles. The molecular weight excluding hydrogens is 326 g/mol. The number of nitrogens with zero attached hydrogens (tertiary/aromatic N) is 3. The number of anilines is 1. The van der Waals surface area contributed by atoms with E-state index in [1.165, 1.54) is 0 Å². The second-order valence-electron chi connectivity index (χ2n) is 5.03. The average Bonchev–Trinajstić information content (AvgIpc) is 2.81. The lowest BCUT2D eigenvalue weighted by Gasteiger charge is -2.17. The van der Waals surface area contributed by atoms with Crippen molar-refractivity contribution in [2.75, 3.05) is 18.5 Å². The number of amides is 1. The Bertz CT molecular complexity index is 707. The smallest absolute Gasteiger partial charge is 0.296 e. The first-order chi connectivity index (χ1) is 11.3. The van der Waals surface area contributed by atoms with E-state index >= 15 is 0 Å². The van der Waals surface area contributed by atoms with Gasteiger partial charge in [-0.15, -0.1) is 5.10 Å². The Kier molecular flexibility index (Phi) is 5.08. The van der Waals surface area contributed by atoms with Crippen LogP contribution in [0.5, 0.6) is 0 Å². The average molecular weight is 343 g/mol. The van der Waals surface area contributed by atoms with Crippen LogP contribution in [0.2, 0.25) is 0 Å². The number of nitrogen functional groups attached to an aromatic ring is 1. The maximum atomic E-state index is 12.5. The number of aliphatic hydroxyl groups excluding tert-OH is 3. The number of primary amides is 1. The minimum absolute atomic E-state index is 0.316. The van der Waals surface area contributed by atoms with Gasteiger partial charge in [0.2, 0.25) is 5.91 Å². The Morgan fingerprint density at radius 2 is 2.04 bits per heavy atom. The van der Waals surface area contributed by atoms with Crippen molar-refractivity contribution in [2.45, 2.75) is 24.5 Å². The SMILES string of the molecule is N=C(N)c1nnn(C2OC(CO)C(O)C2O)c(=O)c1NCC(N)=O. The summed E-state index contributed by atoms with van der Waals surface area (Å²) < 4.78 is 5.80. The standard InChI is InChI=1S/C11H17N7O6/c12-4(20)1-15-6-5(9(13)14)16-17-18(10(6)23)11-8(22)7(21)3(2-19)24-11/h3,7-8,11,15,19,21-22H,1-2H2,(H2,12,20)(H3,13,14). The Labute approximate surface area is 134 Å². The summed E-state index contributed by atoms with van der Waals surface area (Å²) in [4.78, 5) is 23.4. The van der Waals surface area contributed by atoms with Gasteiger partial charge in [-0.05, 0) is 0 Å². The van der Waals surface area contributed by atoms with Crippen molar-refractivity contribution in [1.29, 1.82) is 5.41 Å². The van der Waals surface area contributed by atoms with E-state index in [0.717, 1.165) is 0 Å². The van der Waals surface area contributed by atoms with Crippen LogP contribution in [0.15, 0.2) is 4.79 Å². The predicted octanol–water partition coefficient (Wildman–Crippen LogP) is -4.57. The van der Waals surface area contributed by atoms with Crippen LogP contribution in [-0.4, -0.2) is 73.5 Å². The summed E-state index contributed by atoms with van der Waals surface area (Å²) in [5, 5.41) is 45.7. The lowest BCUT2D eigenvalue weighted by molar-refractivity contribution is -0.116. The number of hydrogen-bond acceptors (Lipinski definition) is 10. The Balaban J connectivity index is 2.45. The molecule has 2 rings (SSSR count). The summed E-state index contributed by atoms with van der Waals surface area (Å²) in [6.45, 7) is -1.02. The van der Waals surface area contributed by atoms with Crippen LogP contribution < -0.4 is 22.3 Å². The summed E-state index contributed by atoms with van der Waals surface area (Å²) >= 11 is 0. The number of aliphatic hydroxyl groups is 3. The number of hydrogen-bond donors (Lipinski definition) is 7. The zero-order valence-electron chi connectivity index (χ0n) is 12.3. The first-order valence-electron chi connectivity index (χ1n) is 6.76. The van der Waals surface area contributed by atoms with Crippen LogP contribution in [0, 0.1) is 5.41 Å². The molecule has 1 aromatic heterocycles. The van der Waals surface area contributed by atoms with E-state index in [2.05, 4.69) is 15.6 Å². The highest BCUT2D eigenvalue weighted by Gasteiger charge is 2.44. The van der Waals surface area contributed by atoms with Crippen LogP contribution in [0.25, 0.3) is 0 Å². The summed E-state index contributed by atoms with van der Waals surface area (Å²) in [5.74, 6) is -1.36. The van der Waals surface area contributed by atoms with E-state index in [0.29, 0.717) is 4.68 Å². The fourth-order valence-electron chi connectivity index (χ4n) is 2.17. The van der Waals surface area contributed by atoms with Crippen LogP contribution in [0.4, 0.5) is 5.69 Å². The minimum atomic E-state index is -1.55. The molecule has 13 heteroatoms. The summed E-state index contributed by atoms with van der Waals surface area (Å²) in [5.41, 5.74) is 8.74. The summed E-state index contributed by atoms with van der Waals surface area (Å²) in [6.07, 6.45) is -5.54. The normalized spacial score (nSPS) is 26.3. The van der Waals surface area contributed by atoms with Gasteiger partial charge in [-0.2, -0.15) is 4.68 Å². The molecule has 1 aromatic rings. The maximum Gasteiger partial charge on any atom is 0.296 e. The highest BCUT2D eigenvalue weighted by molar-refractivity contribution is 5.98. The third-order valence-electron chi connectivity index (χ3n) is 3.35. The minimum Gasteiger partial charge on any atom is -0.394 e. The Morgan fingerprint density at radius 3 is 2.54 bits per heavy atom. The van der Waals surface area contributed by atoms with Gasteiger partial charge in [0.25, 0.3) is 5.56 Å². The molecule has 0 aliphatic carbocycles. The van der Waals surface area contributed by atoms with E-state index in [9.17, 15) is 19.8 Å². The highest BCUT2D eigenvalue weighted by Crippen LogP contribution is 2.27. The third kappa shape index (κ3) is 3.18. The molecule has 0 spiro atoms. The molecule has 132 valence electrons. The second kappa shape index (κ2) is 6.88. The molecule has 0 radical (unpaired) electrons. The van der Waals surface area contributed by atoms with Gasteiger partial charge in [-0.3, -0.25) is 15.0 Å². The van der Waals surface area contributed by atoms with E-state index < -0.39 is 55.0 Å². The first kappa shape index (κ1) is 17.7. The molecule has 13 nitrogen and oxygen atoms in total. The van der Waals surface area contributed by atoms with Gasteiger partial charge in [0, 0.05) is 0 Å². The number of carbonyl (C=O) groups is 1. The number of nitrogens with two attached hydrogens (primary N) is 2. The van der Waals surface area contributed by atoms with Crippen molar-refractivity contribution in [3.63, 3.8) is 0 Å². The van der Waals surface area contributed by atoms with Crippen LogP contribution in [-0.2, 0) is 9.53 Å². The number of carbonyl (C=O) groups excluding carboxylic acids is 1. The fraction of sp³-hybridized carbons (Fsp3) is 0.545. The van der Waals surface area contributed by atoms with Crippen molar-refractivity contribution in [2.24, 2.45) is 11.5 Å². The van der Waals surface area contributed by atoms with Crippen molar-refractivity contribution in [3.8, 4) is 0 Å². The number of amidine groups is 1. The third-order valence-corrected chi connectivity index (χ3v) is 3.35. The molecule has 0 aromatic carbocycles. The molecule has 1 fully saturated rings. The van der Waals surface area contributed by atoms with E-state index in [4.69, 9.17) is 26.7 Å². The van der Waals surface area contributed by atoms with Gasteiger partial charge >= 0.3 is 0 Å². The number of rotatable bonds is 6. The summed E-state index contributed by atoms with van der Waals surface area (Å²) in [6, 6.07) is 0. The molecule has 1 saturated heterocycles. The molecule has 9 N–H and O–H groups in total. The van der Waals surface area contributed by atoms with Crippen LogP contribution >= 0.6 is 0 Å². The molecule has 24 heavy (non-hydrogen) atoms. The fourth-order valence-corrected chi connectivity index (χ4v) is 2.17. The first-order valence-corrected chi connectivity index (χ1v) is 6.76. The highest BCUT2D eigenvalue weighted by atomic mass is 16.6. The van der Waals surface area contributed by atoms with E-state index in [-0.39, 0.29) is 11.4 Å². The van der Waals surface area contributed by atoms with Crippen molar-refractivity contribution >= 4 is 17.4 Å². The molecule has 4 unspecified atom stereocenters. The van der Waals surface area contributed by atoms with Gasteiger partial charge in [-0.1, -0.05) is 5.21 Å². The molecular formula is C11H17N7O6. The quantitative estimate of drug-likeness (QED) is 0.193. The van der Waals surface area contributed by atoms with Crippen molar-refractivity contribution in [3.05, 3.63) is 16.0 Å². The van der Waals surface area contributed by atoms with Crippen LogP contribution in [0.3, 0.4) is 0 Å². The van der Waals surface area contributed by atoms with Crippen LogP contribution in [0.1, 0.15) is 11.9 Å². The zero-order valence-corrected chi connectivity index (χ0v) is 12.3. The predicted molar refractivity (Wildman–Crippen MR) is 78.0 cm³/mol. The van der Waals surface area contributed by atoms with Crippen molar-refractivity contribution in [1.82, 2.24) is 15.0 Å². The van der Waals surface area contributed by atoms with Gasteiger partial charge in [0.15, 0.2) is 11.9 Å². The molecule has 1 aliphatic rings. The number of aromatic nitrogens is 3. The van der Waals surface area contributed by atoms with Crippen molar-refractivity contribution < 1.29 is 24.9 Å². The van der Waals surface area contributed by atoms with E-state index in [1.54, 1.807) is 0 Å². The van der Waals surface area contributed by atoms with E-state index in [1.807, 2.05) is 0 Å². The Hall–Kier alpha value is -2.61. The van der Waals surface area contributed by atoms with Gasteiger partial charge < -0.3 is 36.8 Å². The topological polar surface area (TPSA) is 223 Å². The number of nitrogens with one attached hydrogen (secondary N) is 2. The lowest BCUT2D eigenvalue weighted by Crippen LogP contribution is -2.39. The molecule has 1 aliphatic heterocycles. The second-order valence-corrected chi connectivity index (χ2v) is 5.03. The van der Waals surface area contributed by atoms with Gasteiger partial charge in [0.1, 0.15) is 29.8 Å². The maximum absolute atomic E-state index is 12.5. The zero-order chi connectivity index (χ0) is 18.0. The van der Waals surface area contributed by atoms with Gasteiger partial charge in [-0.25, -0.2) is 0 Å². The molecule has 0 saturated carbocycles. The molecule has 0 bridgehead atoms. The lowest BCUT2D eigenvalue weighted by atomic mass is 10.1. The number of ether oxygens (including phenoxy) is 1.